The highest BCUT2D eigenvalue weighted by molar-refractivity contribution is 5.77. The number of para-hydroxylation sites is 2. The number of ether oxygens (including phenoxy) is 2. The Morgan fingerprint density at radius 1 is 1.25 bits per heavy atom. The molecule has 0 aliphatic carbocycles. The van der Waals surface area contributed by atoms with Crippen LogP contribution in [-0.2, 0) is 11.2 Å². The van der Waals surface area contributed by atoms with E-state index < -0.39 is 0 Å². The first kappa shape index (κ1) is 18.3. The molecule has 1 aromatic heterocycles. The Kier molecular flexibility index (Phi) is 4.92. The van der Waals surface area contributed by atoms with E-state index in [-0.39, 0.29) is 17.6 Å². The largest absolute Gasteiger partial charge is 0.497 e. The van der Waals surface area contributed by atoms with Crippen molar-refractivity contribution in [2.45, 2.75) is 24.9 Å². The summed E-state index contributed by atoms with van der Waals surface area (Å²) in [6.45, 7) is 3.01. The fourth-order valence-corrected chi connectivity index (χ4v) is 3.30. The Hall–Kier alpha value is -3.06. The molecule has 28 heavy (non-hydrogen) atoms. The lowest BCUT2D eigenvalue weighted by Gasteiger charge is -2.38. The van der Waals surface area contributed by atoms with Crippen molar-refractivity contribution in [2.75, 3.05) is 20.3 Å². The van der Waals surface area contributed by atoms with Crippen molar-refractivity contribution in [1.29, 1.82) is 0 Å². The number of nitrogens with one attached hydrogen (secondary N) is 3. The Balaban J connectivity index is 1.56. The summed E-state index contributed by atoms with van der Waals surface area (Å²) in [6.07, 6.45) is 0.602. The number of methoxy groups -OCH3 is 1. The zero-order valence-corrected chi connectivity index (χ0v) is 16.0. The van der Waals surface area contributed by atoms with E-state index in [2.05, 4.69) is 20.6 Å². The van der Waals surface area contributed by atoms with Gasteiger partial charge >= 0.3 is 6.03 Å². The molecule has 0 radical (unpaired) electrons. The van der Waals surface area contributed by atoms with Gasteiger partial charge < -0.3 is 25.1 Å². The molecule has 1 aliphatic rings. The summed E-state index contributed by atoms with van der Waals surface area (Å²) in [6, 6.07) is 15.1. The predicted octanol–water partition coefficient (Wildman–Crippen LogP) is 2.94. The van der Waals surface area contributed by atoms with E-state index in [1.165, 1.54) is 0 Å². The number of benzene rings is 2. The topological polar surface area (TPSA) is 88.3 Å². The molecule has 1 saturated heterocycles. The first-order valence-electron chi connectivity index (χ1n) is 9.29. The van der Waals surface area contributed by atoms with Gasteiger partial charge in [0.15, 0.2) is 0 Å². The van der Waals surface area contributed by atoms with Crippen molar-refractivity contribution in [3.8, 4) is 5.75 Å². The van der Waals surface area contributed by atoms with Crippen molar-refractivity contribution in [2.24, 2.45) is 0 Å². The number of H-pyrrole nitrogens is 1. The Bertz CT molecular complexity index is 930. The molecule has 1 atom stereocenters. The van der Waals surface area contributed by atoms with Crippen LogP contribution in [-0.4, -0.2) is 41.9 Å². The van der Waals surface area contributed by atoms with E-state index in [0.717, 1.165) is 28.2 Å². The molecule has 2 heterocycles. The van der Waals surface area contributed by atoms with Gasteiger partial charge in [0.2, 0.25) is 0 Å². The number of amides is 2. The van der Waals surface area contributed by atoms with Gasteiger partial charge in [-0.05, 0) is 43.2 Å². The third-order valence-electron chi connectivity index (χ3n) is 4.90. The molecule has 1 unspecified atom stereocenters. The minimum absolute atomic E-state index is 0.232. The van der Waals surface area contributed by atoms with Crippen LogP contribution in [0.4, 0.5) is 4.79 Å². The number of imidazole rings is 1. The number of rotatable bonds is 6. The number of urea groups is 1. The van der Waals surface area contributed by atoms with Crippen LogP contribution < -0.4 is 15.4 Å². The summed E-state index contributed by atoms with van der Waals surface area (Å²) in [5, 5.41) is 6.06. The van der Waals surface area contributed by atoms with Gasteiger partial charge in [-0.15, -0.1) is 0 Å². The monoisotopic (exact) mass is 380 g/mol. The molecular formula is C21H24N4O3. The van der Waals surface area contributed by atoms with Crippen molar-refractivity contribution < 1.29 is 14.3 Å². The summed E-state index contributed by atoms with van der Waals surface area (Å²) in [4.78, 5) is 20.6. The Morgan fingerprint density at radius 2 is 2.00 bits per heavy atom. The Morgan fingerprint density at radius 3 is 2.64 bits per heavy atom. The second-order valence-corrected chi connectivity index (χ2v) is 7.40. The van der Waals surface area contributed by atoms with Gasteiger partial charge in [0, 0.05) is 0 Å². The van der Waals surface area contributed by atoms with Crippen molar-refractivity contribution in [3.05, 3.63) is 59.9 Å². The molecule has 2 aromatic carbocycles. The van der Waals surface area contributed by atoms with Crippen molar-refractivity contribution in [1.82, 2.24) is 20.6 Å². The maximum absolute atomic E-state index is 12.6. The first-order valence-corrected chi connectivity index (χ1v) is 9.29. The number of carbonyl (C=O) groups excluding carboxylic acids is 1. The number of aromatic amines is 1. The number of aromatic nitrogens is 2. The summed E-state index contributed by atoms with van der Waals surface area (Å²) >= 11 is 0. The van der Waals surface area contributed by atoms with Crippen LogP contribution >= 0.6 is 0 Å². The number of hydrogen-bond donors (Lipinski definition) is 3. The van der Waals surface area contributed by atoms with Gasteiger partial charge in [0.05, 0.1) is 42.9 Å². The standard InChI is InChI=1S/C21H24N4O3/c1-21(12-28-13-21)25-20(26)24-18(11-14-7-9-15(27-2)10-8-14)19-22-16-5-3-4-6-17(16)23-19/h3-10,18H,11-13H2,1-2H3,(H,22,23)(H2,24,25,26). The highest BCUT2D eigenvalue weighted by atomic mass is 16.5. The highest BCUT2D eigenvalue weighted by Gasteiger charge is 2.35. The lowest BCUT2D eigenvalue weighted by molar-refractivity contribution is -0.0575. The van der Waals surface area contributed by atoms with Gasteiger partial charge in [0.1, 0.15) is 11.6 Å². The smallest absolute Gasteiger partial charge is 0.315 e. The molecule has 2 amide bonds. The van der Waals surface area contributed by atoms with Crippen LogP contribution in [0.3, 0.4) is 0 Å². The normalized spacial score (nSPS) is 16.2. The summed E-state index contributed by atoms with van der Waals surface area (Å²) < 4.78 is 10.4. The average Bonchev–Trinajstić information content (AvgIpc) is 3.11. The maximum atomic E-state index is 12.6. The van der Waals surface area contributed by atoms with Crippen LogP contribution in [0.5, 0.6) is 5.75 Å². The Labute approximate surface area is 163 Å². The fourth-order valence-electron chi connectivity index (χ4n) is 3.30. The molecule has 4 rings (SSSR count). The van der Waals surface area contributed by atoms with Gasteiger partial charge in [-0.2, -0.15) is 0 Å². The maximum Gasteiger partial charge on any atom is 0.315 e. The third-order valence-corrected chi connectivity index (χ3v) is 4.90. The van der Waals surface area contributed by atoms with E-state index in [9.17, 15) is 4.79 Å². The zero-order chi connectivity index (χ0) is 19.6. The number of fused-ring (bicyclic) bond motifs is 1. The lowest BCUT2D eigenvalue weighted by Crippen LogP contribution is -2.62. The molecule has 7 heteroatoms. The van der Waals surface area contributed by atoms with Crippen LogP contribution in [0.25, 0.3) is 11.0 Å². The van der Waals surface area contributed by atoms with Crippen LogP contribution in [0.1, 0.15) is 24.4 Å². The lowest BCUT2D eigenvalue weighted by atomic mass is 10.0. The summed E-state index contributed by atoms with van der Waals surface area (Å²) in [5.74, 6) is 1.52. The van der Waals surface area contributed by atoms with Gasteiger partial charge in [-0.25, -0.2) is 9.78 Å². The molecule has 3 aromatic rings. The van der Waals surface area contributed by atoms with Gasteiger partial charge in [-0.3, -0.25) is 0 Å². The molecule has 0 bridgehead atoms. The third kappa shape index (κ3) is 3.94. The minimum Gasteiger partial charge on any atom is -0.497 e. The van der Waals surface area contributed by atoms with E-state index in [4.69, 9.17) is 9.47 Å². The van der Waals surface area contributed by atoms with Crippen LogP contribution in [0.15, 0.2) is 48.5 Å². The van der Waals surface area contributed by atoms with E-state index in [1.54, 1.807) is 7.11 Å². The van der Waals surface area contributed by atoms with Crippen molar-refractivity contribution in [3.63, 3.8) is 0 Å². The SMILES string of the molecule is COc1ccc(CC(NC(=O)NC2(C)COC2)c2nc3ccccc3[nH]2)cc1. The van der Waals surface area contributed by atoms with Gasteiger partial charge in [-0.1, -0.05) is 24.3 Å². The first-order chi connectivity index (χ1) is 13.5. The molecule has 7 nitrogen and oxygen atoms in total. The zero-order valence-electron chi connectivity index (χ0n) is 16.0. The number of carbonyl (C=O) groups is 1. The van der Waals surface area contributed by atoms with Crippen molar-refractivity contribution >= 4 is 17.1 Å². The minimum atomic E-state index is -0.317. The molecule has 1 aliphatic heterocycles. The number of nitrogens with zero attached hydrogens (tertiary/aromatic N) is 1. The second kappa shape index (κ2) is 7.52. The number of hydrogen-bond acceptors (Lipinski definition) is 4. The molecular weight excluding hydrogens is 356 g/mol. The highest BCUT2D eigenvalue weighted by Crippen LogP contribution is 2.22. The molecule has 146 valence electrons. The fraction of sp³-hybridized carbons (Fsp3) is 0.333. The summed E-state index contributed by atoms with van der Waals surface area (Å²) in [7, 11) is 1.64. The molecule has 0 spiro atoms. The van der Waals surface area contributed by atoms with Crippen LogP contribution in [0, 0.1) is 0 Å². The van der Waals surface area contributed by atoms with E-state index in [0.29, 0.717) is 19.6 Å². The molecule has 0 saturated carbocycles. The average molecular weight is 380 g/mol. The summed E-state index contributed by atoms with van der Waals surface area (Å²) in [5.41, 5.74) is 2.57. The van der Waals surface area contributed by atoms with E-state index in [1.807, 2.05) is 55.5 Å². The quantitative estimate of drug-likeness (QED) is 0.613. The van der Waals surface area contributed by atoms with E-state index >= 15 is 0 Å². The predicted molar refractivity (Wildman–Crippen MR) is 106 cm³/mol. The van der Waals surface area contributed by atoms with Crippen LogP contribution in [0.2, 0.25) is 0 Å². The second-order valence-electron chi connectivity index (χ2n) is 7.40. The molecule has 1 fully saturated rings. The molecule has 3 N–H and O–H groups in total. The van der Waals surface area contributed by atoms with Gasteiger partial charge in [0.25, 0.3) is 0 Å².